The van der Waals surface area contributed by atoms with Crippen molar-refractivity contribution in [3.63, 3.8) is 0 Å². The normalized spacial score (nSPS) is 9.88. The molecule has 24 N–H and O–H groups in total. The molecule has 0 saturated heterocycles. The summed E-state index contributed by atoms with van der Waals surface area (Å²) in [6.45, 7) is 0. The van der Waals surface area contributed by atoms with Crippen molar-refractivity contribution < 1.29 is 138 Å². The molecule has 18 nitrogen and oxygen atoms in total. The number of hydrogen-bond acceptors (Lipinski definition) is 12. The molecule has 0 aromatic rings. The summed E-state index contributed by atoms with van der Waals surface area (Å²) < 4.78 is 190. The Hall–Kier alpha value is -4.68. The van der Waals surface area contributed by atoms with E-state index in [0.29, 0.717) is 0 Å². The summed E-state index contributed by atoms with van der Waals surface area (Å²) in [6.07, 6.45) is -30.5. The Bertz CT molecular complexity index is 713. The number of carbonyl (C=O) groups is 6. The fraction of sp³-hybridized carbons (Fsp3) is 0.500. The molecule has 0 rings (SSSR count). The van der Waals surface area contributed by atoms with Crippen molar-refractivity contribution in [3.8, 4) is 0 Å². The van der Waals surface area contributed by atoms with Gasteiger partial charge in [0.15, 0.2) is 0 Å². The lowest BCUT2D eigenvalue weighted by atomic mass is 10.7. The molecule has 0 bridgehead atoms. The van der Waals surface area contributed by atoms with E-state index in [1.54, 1.807) is 0 Å². The highest BCUT2D eigenvalue weighted by atomic mass is 19.4. The highest BCUT2D eigenvalue weighted by molar-refractivity contribution is 5.74. The molecule has 0 heterocycles. The van der Waals surface area contributed by atoms with Crippen molar-refractivity contribution in [2.24, 2.45) is 0 Å². The van der Waals surface area contributed by atoms with Crippen LogP contribution in [0.15, 0.2) is 0 Å². The quantitative estimate of drug-likeness (QED) is 0.147. The van der Waals surface area contributed by atoms with E-state index in [-0.39, 0.29) is 36.9 Å². The minimum absolute atomic E-state index is 0. The zero-order chi connectivity index (χ0) is 36.5. The summed E-state index contributed by atoms with van der Waals surface area (Å²) in [5, 5.41) is 42.8. The first-order valence-electron chi connectivity index (χ1n) is 7.47. The number of carboxylic acids is 6. The maximum Gasteiger partial charge on any atom is 0.490 e. The van der Waals surface area contributed by atoms with E-state index < -0.39 is 72.9 Å². The van der Waals surface area contributed by atoms with Gasteiger partial charge >= 0.3 is 72.9 Å². The van der Waals surface area contributed by atoms with Gasteiger partial charge in [-0.15, -0.1) is 0 Å². The van der Waals surface area contributed by atoms with Gasteiger partial charge in [0.05, 0.1) is 0 Å². The lowest BCUT2D eigenvalue weighted by molar-refractivity contribution is -0.193. The molecule has 36 heteroatoms. The summed E-state index contributed by atoms with van der Waals surface area (Å²) >= 11 is 0. The zero-order valence-electron chi connectivity index (χ0n) is 22.2. The molecule has 0 amide bonds. The number of alkyl halides is 18. The van der Waals surface area contributed by atoms with Crippen LogP contribution in [0.3, 0.4) is 0 Å². The topological polar surface area (TPSA) is 434 Å². The summed E-state index contributed by atoms with van der Waals surface area (Å²) in [6, 6.07) is 0. The Kier molecular flexibility index (Phi) is 48.9. The van der Waals surface area contributed by atoms with Crippen molar-refractivity contribution in [1.29, 1.82) is 0 Å². The van der Waals surface area contributed by atoms with Crippen LogP contribution < -0.4 is 36.9 Å². The van der Waals surface area contributed by atoms with Gasteiger partial charge in [-0.1, -0.05) is 0 Å². The number of carboxylic acid groups (broad SMARTS) is 6. The number of aliphatic carboxylic acids is 6. The van der Waals surface area contributed by atoms with Crippen LogP contribution in [0, 0.1) is 0 Å². The van der Waals surface area contributed by atoms with Crippen LogP contribution in [0.2, 0.25) is 0 Å². The second-order valence-corrected chi connectivity index (χ2v) is 4.82. The fourth-order valence-corrected chi connectivity index (χ4v) is 0. The van der Waals surface area contributed by atoms with Crippen molar-refractivity contribution in [2.45, 2.75) is 37.1 Å². The molecular weight excluding hydrogens is 762 g/mol. The molecular formula is C12H24F18N6O12. The zero-order valence-corrected chi connectivity index (χ0v) is 22.2. The first-order valence-corrected chi connectivity index (χ1v) is 7.47. The molecule has 300 valence electrons. The third-order valence-electron chi connectivity index (χ3n) is 1.46. The summed E-state index contributed by atoms with van der Waals surface area (Å²) in [5.41, 5.74) is 0. The van der Waals surface area contributed by atoms with Gasteiger partial charge in [-0.2, -0.15) is 79.0 Å². The smallest absolute Gasteiger partial charge is 0.475 e. The summed E-state index contributed by atoms with van der Waals surface area (Å²) in [4.78, 5) is 53.4. The fourth-order valence-electron chi connectivity index (χ4n) is 0. The van der Waals surface area contributed by atoms with Crippen LogP contribution in [0.25, 0.3) is 0 Å². The average Bonchev–Trinajstić information content (AvgIpc) is 2.65. The van der Waals surface area contributed by atoms with E-state index in [1.807, 2.05) is 0 Å². The largest absolute Gasteiger partial charge is 0.490 e. The van der Waals surface area contributed by atoms with E-state index in [4.69, 9.17) is 59.4 Å². The molecule has 0 aliphatic rings. The van der Waals surface area contributed by atoms with Gasteiger partial charge in [-0.3, -0.25) is 0 Å². The Morgan fingerprint density at radius 2 is 0.250 bits per heavy atom. The first-order chi connectivity index (χ1) is 17.7. The molecule has 0 spiro atoms. The minimum Gasteiger partial charge on any atom is -0.475 e. The van der Waals surface area contributed by atoms with Crippen LogP contribution >= 0.6 is 0 Å². The molecule has 0 unspecified atom stereocenters. The molecule has 0 aliphatic carbocycles. The highest BCUT2D eigenvalue weighted by Gasteiger charge is 2.40. The third kappa shape index (κ3) is 68.5. The van der Waals surface area contributed by atoms with Gasteiger partial charge in [0.25, 0.3) is 0 Å². The van der Waals surface area contributed by atoms with E-state index in [0.717, 1.165) is 0 Å². The molecule has 0 aromatic carbocycles. The predicted octanol–water partition coefficient (Wildman–Crippen LogP) is 4.77. The van der Waals surface area contributed by atoms with Gasteiger partial charge in [0.2, 0.25) is 0 Å². The number of rotatable bonds is 0. The predicted molar refractivity (Wildman–Crippen MR) is 112 cm³/mol. The Balaban J connectivity index is -0.0000000316. The van der Waals surface area contributed by atoms with E-state index >= 15 is 0 Å². The van der Waals surface area contributed by atoms with Crippen molar-refractivity contribution in [3.05, 3.63) is 0 Å². The maximum atomic E-state index is 10.6. The molecule has 0 saturated carbocycles. The van der Waals surface area contributed by atoms with Crippen molar-refractivity contribution >= 4 is 35.8 Å². The van der Waals surface area contributed by atoms with E-state index in [9.17, 15) is 79.0 Å². The third-order valence-corrected chi connectivity index (χ3v) is 1.46. The second-order valence-electron chi connectivity index (χ2n) is 4.82. The first kappa shape index (κ1) is 79.1. The molecule has 0 fully saturated rings. The average molecular weight is 786 g/mol. The Morgan fingerprint density at radius 3 is 0.250 bits per heavy atom. The molecule has 0 radical (unpaired) electrons. The van der Waals surface area contributed by atoms with E-state index in [2.05, 4.69) is 0 Å². The lowest BCUT2D eigenvalue weighted by Gasteiger charge is -1.93. The van der Waals surface area contributed by atoms with Crippen LogP contribution in [-0.2, 0) is 28.8 Å². The molecule has 0 aliphatic heterocycles. The van der Waals surface area contributed by atoms with Gasteiger partial charge < -0.3 is 67.5 Å². The van der Waals surface area contributed by atoms with Crippen molar-refractivity contribution in [1.82, 2.24) is 36.9 Å². The highest BCUT2D eigenvalue weighted by Crippen LogP contribution is 2.15. The Labute approximate surface area is 249 Å². The lowest BCUT2D eigenvalue weighted by Crippen LogP contribution is -2.21. The molecule has 48 heavy (non-hydrogen) atoms. The van der Waals surface area contributed by atoms with E-state index in [1.165, 1.54) is 0 Å². The van der Waals surface area contributed by atoms with Crippen LogP contribution in [0.4, 0.5) is 79.0 Å². The standard InChI is InChI=1S/6C2HF3O2.6H3N/c6*3-2(4,5)1(6)7;;;;;;/h6*(H,6,7);6*1H3. The summed E-state index contributed by atoms with van der Waals surface area (Å²) in [5.74, 6) is -16.5. The van der Waals surface area contributed by atoms with Gasteiger partial charge in [0.1, 0.15) is 0 Å². The molecule has 0 aromatic heterocycles. The van der Waals surface area contributed by atoms with Crippen LogP contribution in [0.5, 0.6) is 0 Å². The Morgan fingerprint density at radius 1 is 0.229 bits per heavy atom. The second kappa shape index (κ2) is 29.7. The van der Waals surface area contributed by atoms with Crippen LogP contribution in [-0.4, -0.2) is 104 Å². The van der Waals surface area contributed by atoms with Crippen LogP contribution in [0.1, 0.15) is 0 Å². The molecule has 0 atom stereocenters. The maximum absolute atomic E-state index is 10.6. The van der Waals surface area contributed by atoms with Gasteiger partial charge in [0, 0.05) is 0 Å². The SMILES string of the molecule is N.N.N.N.N.N.O=C(O)C(F)(F)F.O=C(O)C(F)(F)F.O=C(O)C(F)(F)F.O=C(O)C(F)(F)F.O=C(O)C(F)(F)F.O=C(O)C(F)(F)F. The number of halogens is 18. The minimum atomic E-state index is -5.08. The van der Waals surface area contributed by atoms with Crippen molar-refractivity contribution in [2.75, 3.05) is 0 Å². The number of hydrogen-bond donors (Lipinski definition) is 12. The van der Waals surface area contributed by atoms with Gasteiger partial charge in [-0.25, -0.2) is 28.8 Å². The summed E-state index contributed by atoms with van der Waals surface area (Å²) in [7, 11) is 0. The monoisotopic (exact) mass is 786 g/mol. The van der Waals surface area contributed by atoms with Gasteiger partial charge in [-0.05, 0) is 0 Å².